The topological polar surface area (TPSA) is 400 Å². The van der Waals surface area contributed by atoms with E-state index in [4.69, 9.17) is 54.7 Å². The predicted molar refractivity (Wildman–Crippen MR) is 341 cm³/mol. The first-order chi connectivity index (χ1) is 43.3. The van der Waals surface area contributed by atoms with Crippen LogP contribution in [0.15, 0.2) is 10.2 Å². The Kier molecular flexibility index (Phi) is 34.7. The minimum Gasteiger partial charge on any atom is -0.481 e. The summed E-state index contributed by atoms with van der Waals surface area (Å²) in [5, 5.41) is 19.7. The number of hydrogen-bond acceptors (Lipinski definition) is 21. The number of amides is 1. The Morgan fingerprint density at radius 3 is 1.14 bits per heavy atom. The van der Waals surface area contributed by atoms with Crippen LogP contribution in [0.25, 0.3) is 20.9 Å². The third-order valence-electron chi connectivity index (χ3n) is 17.9. The summed E-state index contributed by atoms with van der Waals surface area (Å²) in [6.07, 6.45) is -0.154. The Morgan fingerprint density at radius 1 is 0.495 bits per heavy atom. The SMILES string of the molecule is CC(C)COC(=O)OC(=O)[C@@H](C[C@@H](N)[C@@H]1C[C@@H](C(C)C)C(=O)O1)C(C)C.CC(C)COC(=O)OC(=O)[C@@H](C[C@@H](N=[N+]=[N-])[C@@H]1C[C@@H](C(C)C)C(=O)O1)C(C)C.CC(C)[C@@H]1CC(C2C[C@@H](C(C)C)C(=O)O2)NC1=O.CC(C)[C@H](C[C@H](N=[N+]=[N-])C1C[C@@H](C(C)C)C(=O)O1)C(=O)O. The van der Waals surface area contributed by atoms with Crippen LogP contribution in [0.4, 0.5) is 9.59 Å². The van der Waals surface area contributed by atoms with Crippen LogP contribution in [-0.4, -0.2) is 127 Å². The van der Waals surface area contributed by atoms with Crippen LogP contribution in [0.2, 0.25) is 0 Å². The number of azide groups is 2. The molecule has 1 amide bonds. The van der Waals surface area contributed by atoms with Crippen molar-refractivity contribution >= 4 is 60.0 Å². The molecule has 5 rings (SSSR count). The van der Waals surface area contributed by atoms with Crippen molar-refractivity contribution in [2.45, 2.75) is 238 Å². The van der Waals surface area contributed by atoms with Crippen molar-refractivity contribution in [3.8, 4) is 0 Å². The molecule has 5 fully saturated rings. The molecule has 16 atom stereocenters. The second-order valence-electron chi connectivity index (χ2n) is 29.0. The Morgan fingerprint density at radius 2 is 0.828 bits per heavy atom. The van der Waals surface area contributed by atoms with Gasteiger partial charge in [0.25, 0.3) is 0 Å². The molecule has 93 heavy (non-hydrogen) atoms. The minimum absolute atomic E-state index is 0.00926. The van der Waals surface area contributed by atoms with Gasteiger partial charge in [-0.25, -0.2) is 9.59 Å². The molecule has 5 aliphatic rings. The Hall–Kier alpha value is -6.72. The minimum atomic E-state index is -1.04. The summed E-state index contributed by atoms with van der Waals surface area (Å²) in [4.78, 5) is 124. The smallest absolute Gasteiger partial charge is 0.481 e. The zero-order valence-corrected chi connectivity index (χ0v) is 58.6. The van der Waals surface area contributed by atoms with Crippen LogP contribution in [0.1, 0.15) is 190 Å². The molecule has 0 spiro atoms. The third kappa shape index (κ3) is 26.5. The number of hydrogen-bond donors (Lipinski definition) is 3. The summed E-state index contributed by atoms with van der Waals surface area (Å²) in [7, 11) is 0. The van der Waals surface area contributed by atoms with E-state index in [1.165, 1.54) is 0 Å². The van der Waals surface area contributed by atoms with Crippen molar-refractivity contribution in [1.29, 1.82) is 0 Å². The Bertz CT molecular complexity index is 2560. The molecule has 5 saturated heterocycles. The van der Waals surface area contributed by atoms with Gasteiger partial charge in [-0.2, -0.15) is 0 Å². The standard InChI is InChI=1S/C19H31N3O6.C19H33NO6.C14H23N3O4.C14H23NO3/c1-10(2)9-26-19(25)28-18(24)13(11(3)4)7-15(21-22-20)16-8-14(12(5)6)17(23)27-16;1-10(2)9-24-19(23)26-18(22)13(11(3)4)7-15(20)16-8-14(12(5)6)17(21)25-16;1-7(2)9(13(18)19)5-11(16-17-15)12-6-10(8(3)4)14(20)21-12;1-7(2)9-5-11(15-13(9)16)12-6-10(8(3)4)14(17)18-12/h10-16H,7-9H2,1-6H3;10-16H,7-9,20H2,1-6H3;7-12H,5-6H2,1-4H3,(H,18,19);7-12H,5-6H2,1-4H3,(H,15,16)/t2*13-,14-,15+,16-;9-,10-,11-,12?;9-,10-,11?,12?/m0000/s1. The van der Waals surface area contributed by atoms with E-state index >= 15 is 0 Å². The van der Waals surface area contributed by atoms with Gasteiger partial charge in [0.15, 0.2) is 0 Å². The molecule has 528 valence electrons. The number of ether oxygens (including phenoxy) is 8. The number of carboxylic acids is 1. The lowest BCUT2D eigenvalue weighted by Crippen LogP contribution is -2.40. The van der Waals surface area contributed by atoms with Crippen molar-refractivity contribution in [2.24, 2.45) is 122 Å². The molecule has 3 unspecified atom stereocenters. The lowest BCUT2D eigenvalue weighted by molar-refractivity contribution is -0.149. The van der Waals surface area contributed by atoms with Crippen LogP contribution < -0.4 is 11.1 Å². The second-order valence-corrected chi connectivity index (χ2v) is 29.0. The molecule has 0 radical (unpaired) electrons. The van der Waals surface area contributed by atoms with Gasteiger partial charge in [-0.05, 0) is 122 Å². The third-order valence-corrected chi connectivity index (χ3v) is 17.9. The van der Waals surface area contributed by atoms with Gasteiger partial charge in [0.2, 0.25) is 5.91 Å². The van der Waals surface area contributed by atoms with Gasteiger partial charge < -0.3 is 54.1 Å². The Balaban J connectivity index is 0.000000427. The molecule has 0 aromatic rings. The zero-order valence-electron chi connectivity index (χ0n) is 58.6. The number of carboxylic acid groups (broad SMARTS) is 1. The molecule has 27 nitrogen and oxygen atoms in total. The van der Waals surface area contributed by atoms with E-state index in [2.05, 4.69) is 39.2 Å². The normalized spacial score (nSPS) is 25.3. The van der Waals surface area contributed by atoms with Crippen molar-refractivity contribution in [2.75, 3.05) is 13.2 Å². The van der Waals surface area contributed by atoms with Gasteiger partial charge in [-0.15, -0.1) is 0 Å². The van der Waals surface area contributed by atoms with Gasteiger partial charge in [-0.3, -0.25) is 38.4 Å². The predicted octanol–water partition coefficient (Wildman–Crippen LogP) is 11.9. The highest BCUT2D eigenvalue weighted by molar-refractivity contribution is 5.85. The Labute approximate surface area is 549 Å². The number of nitrogens with one attached hydrogen (secondary N) is 1. The zero-order chi connectivity index (χ0) is 71.0. The van der Waals surface area contributed by atoms with E-state index in [0.29, 0.717) is 31.1 Å². The number of aliphatic carboxylic acids is 1. The summed E-state index contributed by atoms with van der Waals surface area (Å²) in [5.74, 6) is -4.67. The number of nitrogens with two attached hydrogens (primary N) is 1. The van der Waals surface area contributed by atoms with Crippen molar-refractivity contribution in [3.05, 3.63) is 20.9 Å². The van der Waals surface area contributed by atoms with E-state index in [0.717, 1.165) is 12.8 Å². The molecule has 4 N–H and O–H groups in total. The van der Waals surface area contributed by atoms with Crippen molar-refractivity contribution in [3.63, 3.8) is 0 Å². The van der Waals surface area contributed by atoms with Gasteiger partial charge in [0.1, 0.15) is 24.4 Å². The average Bonchev–Trinajstić information content (AvgIpc) is 1.73. The van der Waals surface area contributed by atoms with Gasteiger partial charge >= 0.3 is 54.1 Å². The lowest BCUT2D eigenvalue weighted by atomic mass is 9.85. The maximum atomic E-state index is 12.5. The molecular weight excluding hydrogens is 1210 g/mol. The number of esters is 6. The highest BCUT2D eigenvalue weighted by atomic mass is 16.7. The molecule has 0 saturated carbocycles. The number of carbonyl (C=O) groups excluding carboxylic acids is 9. The first kappa shape index (κ1) is 82.4. The van der Waals surface area contributed by atoms with E-state index in [-0.39, 0.29) is 151 Å². The molecular formula is C66H110N8O19. The number of nitrogens with zero attached hydrogens (tertiary/aromatic N) is 6. The average molecular weight is 1320 g/mol. The summed E-state index contributed by atoms with van der Waals surface area (Å²) >= 11 is 0. The highest BCUT2D eigenvalue weighted by Crippen LogP contribution is 2.38. The molecule has 5 heterocycles. The van der Waals surface area contributed by atoms with Crippen LogP contribution in [0.5, 0.6) is 0 Å². The molecule has 0 aliphatic carbocycles. The molecule has 0 aromatic heterocycles. The maximum Gasteiger partial charge on any atom is 0.516 e. The van der Waals surface area contributed by atoms with Gasteiger partial charge in [0, 0.05) is 21.8 Å². The van der Waals surface area contributed by atoms with E-state index < -0.39 is 84.4 Å². The van der Waals surface area contributed by atoms with Crippen LogP contribution in [0, 0.1) is 107 Å². The number of carbonyl (C=O) groups is 10. The number of rotatable bonds is 27. The maximum absolute atomic E-state index is 12.5. The summed E-state index contributed by atoms with van der Waals surface area (Å²) in [6, 6.07) is -1.83. The fraction of sp³-hybridized carbons (Fsp3) is 0.848. The van der Waals surface area contributed by atoms with E-state index in [9.17, 15) is 53.1 Å². The first-order valence-electron chi connectivity index (χ1n) is 33.2. The molecule has 27 heteroatoms. The van der Waals surface area contributed by atoms with Crippen LogP contribution in [-0.2, 0) is 76.3 Å². The van der Waals surface area contributed by atoms with Crippen molar-refractivity contribution < 1.29 is 90.9 Å². The first-order valence-corrected chi connectivity index (χ1v) is 33.2. The fourth-order valence-corrected chi connectivity index (χ4v) is 11.7. The fourth-order valence-electron chi connectivity index (χ4n) is 11.7. The van der Waals surface area contributed by atoms with E-state index in [1.807, 2.05) is 111 Å². The summed E-state index contributed by atoms with van der Waals surface area (Å²) in [5.41, 5.74) is 23.8. The lowest BCUT2D eigenvalue weighted by Gasteiger charge is -2.25. The summed E-state index contributed by atoms with van der Waals surface area (Å²) < 4.78 is 40.9. The van der Waals surface area contributed by atoms with Crippen LogP contribution >= 0.6 is 0 Å². The largest absolute Gasteiger partial charge is 0.516 e. The quantitative estimate of drug-likeness (QED) is 0.0172. The van der Waals surface area contributed by atoms with Crippen LogP contribution in [0.3, 0.4) is 0 Å². The van der Waals surface area contributed by atoms with E-state index in [1.54, 1.807) is 13.8 Å². The monoisotopic (exact) mass is 1320 g/mol. The van der Waals surface area contributed by atoms with Gasteiger partial charge in [0.05, 0.1) is 72.8 Å². The van der Waals surface area contributed by atoms with Gasteiger partial charge in [-0.1, -0.05) is 149 Å². The number of cyclic esters (lactones) is 4. The molecule has 5 aliphatic heterocycles. The highest BCUT2D eigenvalue weighted by Gasteiger charge is 2.47. The van der Waals surface area contributed by atoms with Crippen molar-refractivity contribution in [1.82, 2.24) is 5.32 Å². The molecule has 0 aromatic carbocycles. The summed E-state index contributed by atoms with van der Waals surface area (Å²) in [6.45, 7) is 38.6. The molecule has 0 bridgehead atoms. The second kappa shape index (κ2) is 39.2.